The van der Waals surface area contributed by atoms with E-state index in [1.54, 1.807) is 5.56 Å². The quantitative estimate of drug-likeness (QED) is 0.622. The fraction of sp³-hybridized carbons (Fsp3) is 0.500. The van der Waals surface area contributed by atoms with Gasteiger partial charge in [-0.3, -0.25) is 0 Å². The minimum Gasteiger partial charge on any atom is -0.0619 e. The zero-order valence-corrected chi connectivity index (χ0v) is 7.88. The lowest BCUT2D eigenvalue weighted by Gasteiger charge is -2.00. The molecule has 64 valence electrons. The van der Waals surface area contributed by atoms with Gasteiger partial charge in [0.05, 0.1) is 0 Å². The summed E-state index contributed by atoms with van der Waals surface area (Å²) in [6.45, 7) is 4.53. The van der Waals surface area contributed by atoms with Crippen molar-refractivity contribution in [1.29, 1.82) is 0 Å². The van der Waals surface area contributed by atoms with Crippen LogP contribution in [0.2, 0.25) is 0 Å². The van der Waals surface area contributed by atoms with Crippen molar-refractivity contribution < 1.29 is 0 Å². The fourth-order valence-corrected chi connectivity index (χ4v) is 1.79. The monoisotopic (exact) mass is 160 g/mol. The van der Waals surface area contributed by atoms with Crippen LogP contribution in [0.25, 0.3) is 0 Å². The van der Waals surface area contributed by atoms with Crippen LogP contribution in [-0.4, -0.2) is 0 Å². The Labute approximate surface area is 74.6 Å². The Morgan fingerprint density at radius 1 is 1.25 bits per heavy atom. The number of rotatable bonds is 2. The Kier molecular flexibility index (Phi) is 1.92. The normalized spacial score (nSPS) is 27.2. The molecule has 1 aromatic rings. The van der Waals surface area contributed by atoms with Crippen LogP contribution in [0.4, 0.5) is 0 Å². The van der Waals surface area contributed by atoms with Crippen molar-refractivity contribution >= 4 is 0 Å². The molecule has 1 aliphatic carbocycles. The summed E-state index contributed by atoms with van der Waals surface area (Å²) in [6.07, 6.45) is 2.55. The van der Waals surface area contributed by atoms with Crippen molar-refractivity contribution in [3.8, 4) is 0 Å². The molecule has 0 aromatic heterocycles. The predicted octanol–water partition coefficient (Wildman–Crippen LogP) is 3.37. The zero-order chi connectivity index (χ0) is 8.55. The highest BCUT2D eigenvalue weighted by Crippen LogP contribution is 2.46. The number of hydrogen-bond acceptors (Lipinski definition) is 0. The van der Waals surface area contributed by atoms with Crippen molar-refractivity contribution in [2.24, 2.45) is 5.92 Å². The number of benzene rings is 1. The maximum atomic E-state index is 2.33. The summed E-state index contributed by atoms with van der Waals surface area (Å²) in [7, 11) is 0. The van der Waals surface area contributed by atoms with Gasteiger partial charge in [-0.1, -0.05) is 38.1 Å². The first-order chi connectivity index (χ1) is 5.81. The Morgan fingerprint density at radius 2 is 1.83 bits per heavy atom. The molecule has 0 radical (unpaired) electrons. The summed E-state index contributed by atoms with van der Waals surface area (Å²) in [5, 5.41) is 0. The molecule has 1 aliphatic rings. The SMILES string of the molecule is CCc1ccc(C2CC2C)cc1. The highest BCUT2D eigenvalue weighted by molar-refractivity contribution is 5.29. The summed E-state index contributed by atoms with van der Waals surface area (Å²) in [5.41, 5.74) is 2.99. The molecule has 2 atom stereocenters. The minimum absolute atomic E-state index is 0.871. The van der Waals surface area contributed by atoms with E-state index in [4.69, 9.17) is 0 Å². The van der Waals surface area contributed by atoms with Crippen LogP contribution in [0.5, 0.6) is 0 Å². The van der Waals surface area contributed by atoms with E-state index in [0.717, 1.165) is 18.3 Å². The van der Waals surface area contributed by atoms with Gasteiger partial charge < -0.3 is 0 Å². The number of hydrogen-bond donors (Lipinski definition) is 0. The Hall–Kier alpha value is -0.780. The van der Waals surface area contributed by atoms with Crippen molar-refractivity contribution in [3.05, 3.63) is 35.4 Å². The van der Waals surface area contributed by atoms with Gasteiger partial charge in [-0.25, -0.2) is 0 Å². The highest BCUT2D eigenvalue weighted by Gasteiger charge is 2.33. The van der Waals surface area contributed by atoms with E-state index in [9.17, 15) is 0 Å². The van der Waals surface area contributed by atoms with Gasteiger partial charge in [0, 0.05) is 0 Å². The molecule has 0 heterocycles. The Bertz CT molecular complexity index is 258. The molecule has 0 nitrogen and oxygen atoms in total. The van der Waals surface area contributed by atoms with Crippen LogP contribution in [0.15, 0.2) is 24.3 Å². The molecule has 1 aromatic carbocycles. The first kappa shape index (κ1) is 7.85. The average Bonchev–Trinajstić information content (AvgIpc) is 2.83. The van der Waals surface area contributed by atoms with Crippen LogP contribution >= 0.6 is 0 Å². The molecule has 0 bridgehead atoms. The Balaban J connectivity index is 2.14. The molecular formula is C12H16. The molecule has 2 rings (SSSR count). The second-order valence-electron chi connectivity index (χ2n) is 3.91. The molecule has 0 saturated heterocycles. The van der Waals surface area contributed by atoms with Gasteiger partial charge in [-0.2, -0.15) is 0 Å². The third-order valence-electron chi connectivity index (χ3n) is 2.93. The van der Waals surface area contributed by atoms with Gasteiger partial charge in [0.25, 0.3) is 0 Å². The lowest BCUT2D eigenvalue weighted by atomic mass is 10.1. The molecule has 0 heteroatoms. The maximum Gasteiger partial charge on any atom is -0.0133 e. The highest BCUT2D eigenvalue weighted by atomic mass is 14.4. The van der Waals surface area contributed by atoms with Crippen molar-refractivity contribution in [2.45, 2.75) is 32.6 Å². The third-order valence-corrected chi connectivity index (χ3v) is 2.93. The predicted molar refractivity (Wildman–Crippen MR) is 52.3 cm³/mol. The van der Waals surface area contributed by atoms with E-state index in [1.807, 2.05) is 0 Å². The topological polar surface area (TPSA) is 0 Å². The Morgan fingerprint density at radius 3 is 2.25 bits per heavy atom. The zero-order valence-electron chi connectivity index (χ0n) is 7.88. The lowest BCUT2D eigenvalue weighted by molar-refractivity contribution is 0.913. The average molecular weight is 160 g/mol. The second kappa shape index (κ2) is 2.93. The van der Waals surface area contributed by atoms with Crippen LogP contribution in [0.1, 0.15) is 37.3 Å². The maximum absolute atomic E-state index is 2.33. The van der Waals surface area contributed by atoms with Gasteiger partial charge in [0.1, 0.15) is 0 Å². The van der Waals surface area contributed by atoms with Gasteiger partial charge in [0.15, 0.2) is 0 Å². The summed E-state index contributed by atoms with van der Waals surface area (Å²) >= 11 is 0. The summed E-state index contributed by atoms with van der Waals surface area (Å²) in [4.78, 5) is 0. The van der Waals surface area contributed by atoms with E-state index >= 15 is 0 Å². The van der Waals surface area contributed by atoms with Crippen molar-refractivity contribution in [3.63, 3.8) is 0 Å². The standard InChI is InChI=1S/C12H16/c1-3-10-4-6-11(7-5-10)12-8-9(12)2/h4-7,9,12H,3,8H2,1-2H3. The molecule has 0 spiro atoms. The molecule has 0 N–H and O–H groups in total. The summed E-state index contributed by atoms with van der Waals surface area (Å²) in [5.74, 6) is 1.80. The molecule has 1 fully saturated rings. The van der Waals surface area contributed by atoms with Gasteiger partial charge in [-0.05, 0) is 35.8 Å². The molecule has 12 heavy (non-hydrogen) atoms. The van der Waals surface area contributed by atoms with Crippen LogP contribution < -0.4 is 0 Å². The fourth-order valence-electron chi connectivity index (χ4n) is 1.79. The van der Waals surface area contributed by atoms with Gasteiger partial charge >= 0.3 is 0 Å². The molecule has 1 saturated carbocycles. The first-order valence-corrected chi connectivity index (χ1v) is 4.90. The minimum atomic E-state index is 0.871. The van der Waals surface area contributed by atoms with Crippen LogP contribution in [0, 0.1) is 5.92 Å². The van der Waals surface area contributed by atoms with E-state index in [1.165, 1.54) is 12.0 Å². The lowest BCUT2D eigenvalue weighted by Crippen LogP contribution is -1.83. The number of aryl methyl sites for hydroxylation is 1. The second-order valence-corrected chi connectivity index (χ2v) is 3.91. The van der Waals surface area contributed by atoms with Gasteiger partial charge in [-0.15, -0.1) is 0 Å². The van der Waals surface area contributed by atoms with Gasteiger partial charge in [0.2, 0.25) is 0 Å². The van der Waals surface area contributed by atoms with Crippen molar-refractivity contribution in [2.75, 3.05) is 0 Å². The summed E-state index contributed by atoms with van der Waals surface area (Å²) in [6, 6.07) is 9.13. The third kappa shape index (κ3) is 1.38. The van der Waals surface area contributed by atoms with Crippen LogP contribution in [-0.2, 0) is 6.42 Å². The largest absolute Gasteiger partial charge is 0.0619 e. The van der Waals surface area contributed by atoms with Crippen molar-refractivity contribution in [1.82, 2.24) is 0 Å². The van der Waals surface area contributed by atoms with E-state index in [2.05, 4.69) is 38.1 Å². The molecule has 2 unspecified atom stereocenters. The smallest absolute Gasteiger partial charge is 0.0133 e. The van der Waals surface area contributed by atoms with E-state index in [0.29, 0.717) is 0 Å². The van der Waals surface area contributed by atoms with E-state index in [-0.39, 0.29) is 0 Å². The molecule has 0 aliphatic heterocycles. The molecule has 0 amide bonds. The van der Waals surface area contributed by atoms with E-state index < -0.39 is 0 Å². The first-order valence-electron chi connectivity index (χ1n) is 4.90. The molecular weight excluding hydrogens is 144 g/mol. The summed E-state index contributed by atoms with van der Waals surface area (Å²) < 4.78 is 0. The van der Waals surface area contributed by atoms with Crippen LogP contribution in [0.3, 0.4) is 0 Å².